The van der Waals surface area contributed by atoms with E-state index in [4.69, 9.17) is 9.84 Å². The fraction of sp³-hybridized carbons (Fsp3) is 0.500. The van der Waals surface area contributed by atoms with E-state index in [2.05, 4.69) is 13.8 Å². The summed E-state index contributed by atoms with van der Waals surface area (Å²) >= 11 is 0. The Morgan fingerprint density at radius 2 is 1.94 bits per heavy atom. The van der Waals surface area contributed by atoms with Gasteiger partial charge in [-0.15, -0.1) is 0 Å². The van der Waals surface area contributed by atoms with Gasteiger partial charge in [-0.3, -0.25) is 4.79 Å². The minimum atomic E-state index is -0.802. The van der Waals surface area contributed by atoms with Gasteiger partial charge >= 0.3 is 5.97 Å². The Kier molecular flexibility index (Phi) is 4.55. The number of benzene rings is 1. The predicted octanol–water partition coefficient (Wildman–Crippen LogP) is 2.97. The van der Waals surface area contributed by atoms with Crippen molar-refractivity contribution in [2.75, 3.05) is 6.61 Å². The zero-order chi connectivity index (χ0) is 13.0. The van der Waals surface area contributed by atoms with E-state index in [0.717, 1.165) is 22.4 Å². The molecule has 0 spiro atoms. The molecule has 3 heteroatoms. The SMILES string of the molecule is Cc1cc(OCC(C)C)c(C)cc1CC(=O)O. The van der Waals surface area contributed by atoms with Crippen molar-refractivity contribution in [3.63, 3.8) is 0 Å². The average molecular weight is 236 g/mol. The number of aliphatic carboxylic acids is 1. The van der Waals surface area contributed by atoms with Crippen LogP contribution in [0.2, 0.25) is 0 Å². The van der Waals surface area contributed by atoms with Gasteiger partial charge in [0.1, 0.15) is 5.75 Å². The molecule has 94 valence electrons. The summed E-state index contributed by atoms with van der Waals surface area (Å²) in [6.07, 6.45) is 0.0666. The number of hydrogen-bond acceptors (Lipinski definition) is 2. The lowest BCUT2D eigenvalue weighted by Crippen LogP contribution is -2.07. The van der Waals surface area contributed by atoms with Gasteiger partial charge in [0.05, 0.1) is 13.0 Å². The van der Waals surface area contributed by atoms with Gasteiger partial charge in [0.25, 0.3) is 0 Å². The molecule has 0 amide bonds. The summed E-state index contributed by atoms with van der Waals surface area (Å²) in [7, 11) is 0. The number of aryl methyl sites for hydroxylation is 2. The molecule has 0 aliphatic heterocycles. The first-order valence-corrected chi connectivity index (χ1v) is 5.85. The van der Waals surface area contributed by atoms with Crippen molar-refractivity contribution < 1.29 is 14.6 Å². The average Bonchev–Trinajstić information content (AvgIpc) is 2.20. The number of carboxylic acids is 1. The monoisotopic (exact) mass is 236 g/mol. The van der Waals surface area contributed by atoms with E-state index in [1.165, 1.54) is 0 Å². The number of carbonyl (C=O) groups is 1. The van der Waals surface area contributed by atoms with Gasteiger partial charge in [0, 0.05) is 0 Å². The predicted molar refractivity (Wildman–Crippen MR) is 67.6 cm³/mol. The standard InChI is InChI=1S/C14H20O3/c1-9(2)8-17-13-6-10(3)12(5-11(13)4)7-14(15)16/h5-6,9H,7-8H2,1-4H3,(H,15,16). The Hall–Kier alpha value is -1.51. The second-order valence-electron chi connectivity index (χ2n) is 4.82. The minimum Gasteiger partial charge on any atom is -0.493 e. The van der Waals surface area contributed by atoms with Crippen molar-refractivity contribution in [2.45, 2.75) is 34.1 Å². The Morgan fingerprint density at radius 1 is 1.29 bits per heavy atom. The Balaban J connectivity index is 2.89. The lowest BCUT2D eigenvalue weighted by molar-refractivity contribution is -0.136. The fourth-order valence-electron chi connectivity index (χ4n) is 1.61. The van der Waals surface area contributed by atoms with E-state index in [1.807, 2.05) is 26.0 Å². The fourth-order valence-corrected chi connectivity index (χ4v) is 1.61. The molecule has 0 aliphatic rings. The first-order chi connectivity index (χ1) is 7.90. The highest BCUT2D eigenvalue weighted by atomic mass is 16.5. The summed E-state index contributed by atoms with van der Waals surface area (Å²) in [5.74, 6) is 0.530. The lowest BCUT2D eigenvalue weighted by atomic mass is 10.0. The number of hydrogen-bond donors (Lipinski definition) is 1. The van der Waals surface area contributed by atoms with Crippen LogP contribution in [-0.4, -0.2) is 17.7 Å². The topological polar surface area (TPSA) is 46.5 Å². The zero-order valence-electron chi connectivity index (χ0n) is 10.9. The molecule has 0 fully saturated rings. The van der Waals surface area contributed by atoms with E-state index < -0.39 is 5.97 Å². The molecular weight excluding hydrogens is 216 g/mol. The maximum absolute atomic E-state index is 10.7. The molecule has 1 N–H and O–H groups in total. The highest BCUT2D eigenvalue weighted by Gasteiger charge is 2.09. The van der Waals surface area contributed by atoms with E-state index in [9.17, 15) is 4.79 Å². The molecule has 0 saturated carbocycles. The highest BCUT2D eigenvalue weighted by Crippen LogP contribution is 2.23. The molecule has 1 aromatic rings. The van der Waals surface area contributed by atoms with Crippen LogP contribution in [0.25, 0.3) is 0 Å². The molecule has 0 radical (unpaired) electrons. The molecule has 17 heavy (non-hydrogen) atoms. The van der Waals surface area contributed by atoms with Gasteiger partial charge in [0.15, 0.2) is 0 Å². The largest absolute Gasteiger partial charge is 0.493 e. The molecule has 0 aliphatic carbocycles. The summed E-state index contributed by atoms with van der Waals surface area (Å²) in [5, 5.41) is 8.80. The van der Waals surface area contributed by atoms with Gasteiger partial charge in [-0.05, 0) is 42.5 Å². The van der Waals surface area contributed by atoms with Crippen LogP contribution in [0.4, 0.5) is 0 Å². The van der Waals surface area contributed by atoms with Crippen molar-refractivity contribution in [3.05, 3.63) is 28.8 Å². The maximum Gasteiger partial charge on any atom is 0.307 e. The third-order valence-corrected chi connectivity index (χ3v) is 2.55. The van der Waals surface area contributed by atoms with Crippen LogP contribution < -0.4 is 4.74 Å². The maximum atomic E-state index is 10.7. The first-order valence-electron chi connectivity index (χ1n) is 5.85. The highest BCUT2D eigenvalue weighted by molar-refractivity contribution is 5.71. The lowest BCUT2D eigenvalue weighted by Gasteiger charge is -2.14. The smallest absolute Gasteiger partial charge is 0.307 e. The minimum absolute atomic E-state index is 0.0666. The quantitative estimate of drug-likeness (QED) is 0.855. The van der Waals surface area contributed by atoms with E-state index >= 15 is 0 Å². The molecule has 0 bridgehead atoms. The molecule has 0 aromatic heterocycles. The van der Waals surface area contributed by atoms with Gasteiger partial charge in [-0.25, -0.2) is 0 Å². The van der Waals surface area contributed by atoms with Gasteiger partial charge in [0.2, 0.25) is 0 Å². The van der Waals surface area contributed by atoms with Crippen molar-refractivity contribution in [3.8, 4) is 5.75 Å². The molecule has 1 aromatic carbocycles. The summed E-state index contributed by atoms with van der Waals surface area (Å²) in [6, 6.07) is 3.83. The Bertz CT molecular complexity index is 408. The van der Waals surface area contributed by atoms with Crippen molar-refractivity contribution in [1.82, 2.24) is 0 Å². The second-order valence-corrected chi connectivity index (χ2v) is 4.82. The normalized spacial score (nSPS) is 10.6. The zero-order valence-corrected chi connectivity index (χ0v) is 10.9. The summed E-state index contributed by atoms with van der Waals surface area (Å²) < 4.78 is 5.69. The third-order valence-electron chi connectivity index (χ3n) is 2.55. The van der Waals surface area contributed by atoms with Crippen LogP contribution in [-0.2, 0) is 11.2 Å². The number of carboxylic acid groups (broad SMARTS) is 1. The molecular formula is C14H20O3. The van der Waals surface area contributed by atoms with Crippen LogP contribution in [0.5, 0.6) is 5.75 Å². The third kappa shape index (κ3) is 4.10. The van der Waals surface area contributed by atoms with E-state index in [-0.39, 0.29) is 6.42 Å². The van der Waals surface area contributed by atoms with Crippen LogP contribution in [0.15, 0.2) is 12.1 Å². The Morgan fingerprint density at radius 3 is 2.47 bits per heavy atom. The van der Waals surface area contributed by atoms with Crippen LogP contribution >= 0.6 is 0 Å². The molecule has 3 nitrogen and oxygen atoms in total. The van der Waals surface area contributed by atoms with Crippen LogP contribution in [0.3, 0.4) is 0 Å². The first kappa shape index (κ1) is 13.6. The van der Waals surface area contributed by atoms with Crippen molar-refractivity contribution in [2.24, 2.45) is 5.92 Å². The van der Waals surface area contributed by atoms with Crippen molar-refractivity contribution >= 4 is 5.97 Å². The summed E-state index contributed by atoms with van der Waals surface area (Å²) in [5.41, 5.74) is 2.82. The van der Waals surface area contributed by atoms with Gasteiger partial charge < -0.3 is 9.84 Å². The summed E-state index contributed by atoms with van der Waals surface area (Å²) in [6.45, 7) is 8.74. The van der Waals surface area contributed by atoms with Gasteiger partial charge in [-0.2, -0.15) is 0 Å². The molecule has 1 rings (SSSR count). The number of ether oxygens (including phenoxy) is 1. The van der Waals surface area contributed by atoms with Crippen molar-refractivity contribution in [1.29, 1.82) is 0 Å². The molecule has 0 heterocycles. The van der Waals surface area contributed by atoms with E-state index in [1.54, 1.807) is 0 Å². The molecule has 0 unspecified atom stereocenters. The van der Waals surface area contributed by atoms with Crippen LogP contribution in [0.1, 0.15) is 30.5 Å². The molecule has 0 saturated heterocycles. The Labute approximate surface area is 102 Å². The molecule has 0 atom stereocenters. The van der Waals surface area contributed by atoms with E-state index in [0.29, 0.717) is 12.5 Å². The second kappa shape index (κ2) is 5.71. The number of rotatable bonds is 5. The van der Waals surface area contributed by atoms with Gasteiger partial charge in [-0.1, -0.05) is 19.9 Å². The summed E-state index contributed by atoms with van der Waals surface area (Å²) in [4.78, 5) is 10.7. The van der Waals surface area contributed by atoms with Crippen LogP contribution in [0, 0.1) is 19.8 Å².